The first-order valence-corrected chi connectivity index (χ1v) is 9.93. The van der Waals surface area contributed by atoms with E-state index < -0.39 is 0 Å². The van der Waals surface area contributed by atoms with Gasteiger partial charge in [-0.05, 0) is 68.8 Å². The molecule has 158 valence electrons. The second-order valence-electron chi connectivity index (χ2n) is 6.97. The smallest absolute Gasteiger partial charge is 0.258 e. The Labute approximate surface area is 175 Å². The maximum Gasteiger partial charge on any atom is 0.258 e. The number of carbonyl (C=O) groups is 1. The number of hydrogen-bond donors (Lipinski definition) is 1. The van der Waals surface area contributed by atoms with Crippen molar-refractivity contribution in [2.45, 2.75) is 33.2 Å². The number of nitrogens with zero attached hydrogens (tertiary/aromatic N) is 2. The summed E-state index contributed by atoms with van der Waals surface area (Å²) in [5.74, 6) is 0.841. The molecule has 1 unspecified atom stereocenters. The summed E-state index contributed by atoms with van der Waals surface area (Å²) in [6.45, 7) is 6.42. The lowest BCUT2D eigenvalue weighted by molar-refractivity contribution is -0.123. The van der Waals surface area contributed by atoms with Crippen LogP contribution in [-0.2, 0) is 4.79 Å². The third-order valence-corrected chi connectivity index (χ3v) is 4.63. The molecule has 2 aromatic carbocycles. The lowest BCUT2D eigenvalue weighted by atomic mass is 10.1. The SMILES string of the molecule is CCCOc1ccc(OCC(=O)NC(C)c2cnn(-c3ccc(F)cc3)c2C)cc1. The number of nitrogens with one attached hydrogen (secondary N) is 1. The van der Waals surface area contributed by atoms with Crippen LogP contribution in [0.25, 0.3) is 5.69 Å². The van der Waals surface area contributed by atoms with Crippen LogP contribution in [0.4, 0.5) is 4.39 Å². The second kappa shape index (κ2) is 9.91. The Morgan fingerprint density at radius 3 is 2.37 bits per heavy atom. The van der Waals surface area contributed by atoms with Gasteiger partial charge in [0.25, 0.3) is 5.91 Å². The molecule has 0 saturated carbocycles. The number of aromatic nitrogens is 2. The van der Waals surface area contributed by atoms with E-state index in [-0.39, 0.29) is 24.4 Å². The van der Waals surface area contributed by atoms with Gasteiger partial charge in [-0.15, -0.1) is 0 Å². The molecular formula is C23H26FN3O3. The van der Waals surface area contributed by atoms with Crippen LogP contribution in [0.15, 0.2) is 54.7 Å². The van der Waals surface area contributed by atoms with Gasteiger partial charge < -0.3 is 14.8 Å². The maximum atomic E-state index is 13.1. The van der Waals surface area contributed by atoms with Crippen molar-refractivity contribution in [2.24, 2.45) is 0 Å². The fourth-order valence-electron chi connectivity index (χ4n) is 3.05. The van der Waals surface area contributed by atoms with Crippen molar-refractivity contribution in [1.29, 1.82) is 0 Å². The first kappa shape index (κ1) is 21.4. The molecule has 30 heavy (non-hydrogen) atoms. The third kappa shape index (κ3) is 5.37. The van der Waals surface area contributed by atoms with Gasteiger partial charge in [0, 0.05) is 11.3 Å². The molecule has 1 atom stereocenters. The molecule has 0 fully saturated rings. The van der Waals surface area contributed by atoms with Crippen molar-refractivity contribution in [1.82, 2.24) is 15.1 Å². The summed E-state index contributed by atoms with van der Waals surface area (Å²) in [6, 6.07) is 13.0. The van der Waals surface area contributed by atoms with E-state index in [2.05, 4.69) is 10.4 Å². The van der Waals surface area contributed by atoms with Crippen molar-refractivity contribution in [3.05, 3.63) is 71.8 Å². The van der Waals surface area contributed by atoms with E-state index in [1.165, 1.54) is 12.1 Å². The van der Waals surface area contributed by atoms with Crippen molar-refractivity contribution >= 4 is 5.91 Å². The lowest BCUT2D eigenvalue weighted by Gasteiger charge is -2.15. The van der Waals surface area contributed by atoms with Crippen LogP contribution >= 0.6 is 0 Å². The number of rotatable bonds is 9. The third-order valence-electron chi connectivity index (χ3n) is 4.63. The monoisotopic (exact) mass is 411 g/mol. The number of carbonyl (C=O) groups excluding carboxylic acids is 1. The van der Waals surface area contributed by atoms with Gasteiger partial charge in [-0.1, -0.05) is 6.92 Å². The van der Waals surface area contributed by atoms with E-state index in [1.807, 2.05) is 32.9 Å². The molecule has 6 nitrogen and oxygen atoms in total. The Hall–Kier alpha value is -3.35. The minimum absolute atomic E-state index is 0.0926. The normalized spacial score (nSPS) is 11.7. The highest BCUT2D eigenvalue weighted by Gasteiger charge is 2.16. The van der Waals surface area contributed by atoms with Crippen LogP contribution in [0.2, 0.25) is 0 Å². The molecule has 0 spiro atoms. The van der Waals surface area contributed by atoms with Crippen LogP contribution in [-0.4, -0.2) is 28.9 Å². The Balaban J connectivity index is 1.55. The van der Waals surface area contributed by atoms with Gasteiger partial charge in [0.2, 0.25) is 0 Å². The van der Waals surface area contributed by atoms with Crippen LogP contribution in [0.3, 0.4) is 0 Å². The summed E-state index contributed by atoms with van der Waals surface area (Å²) in [6.07, 6.45) is 2.65. The Morgan fingerprint density at radius 1 is 1.10 bits per heavy atom. The van der Waals surface area contributed by atoms with Crippen LogP contribution in [0.5, 0.6) is 11.5 Å². The van der Waals surface area contributed by atoms with Crippen molar-refractivity contribution in [3.8, 4) is 17.2 Å². The fourth-order valence-corrected chi connectivity index (χ4v) is 3.05. The minimum atomic E-state index is -0.299. The zero-order valence-corrected chi connectivity index (χ0v) is 17.4. The molecule has 3 aromatic rings. The quantitative estimate of drug-likeness (QED) is 0.568. The highest BCUT2D eigenvalue weighted by Crippen LogP contribution is 2.21. The van der Waals surface area contributed by atoms with Crippen molar-refractivity contribution in [3.63, 3.8) is 0 Å². The van der Waals surface area contributed by atoms with E-state index in [1.54, 1.807) is 35.1 Å². The minimum Gasteiger partial charge on any atom is -0.494 e. The second-order valence-corrected chi connectivity index (χ2v) is 6.97. The predicted octanol–water partition coefficient (Wildman–Crippen LogP) is 4.36. The van der Waals surface area contributed by atoms with E-state index in [0.717, 1.165) is 29.1 Å². The van der Waals surface area contributed by atoms with Gasteiger partial charge in [-0.3, -0.25) is 4.79 Å². The maximum absolute atomic E-state index is 13.1. The Morgan fingerprint density at radius 2 is 1.73 bits per heavy atom. The van der Waals surface area contributed by atoms with Crippen molar-refractivity contribution < 1.29 is 18.7 Å². The van der Waals surface area contributed by atoms with E-state index in [0.29, 0.717) is 12.4 Å². The Bertz CT molecular complexity index is 968. The first-order chi connectivity index (χ1) is 14.5. The standard InChI is InChI=1S/C23H26FN3O3/c1-4-13-29-20-9-11-21(12-10-20)30-15-23(28)26-16(2)22-14-25-27(17(22)3)19-7-5-18(24)6-8-19/h5-12,14,16H,4,13,15H2,1-3H3,(H,26,28). The number of benzene rings is 2. The van der Waals surface area contributed by atoms with Gasteiger partial charge in [0.05, 0.1) is 24.5 Å². The van der Waals surface area contributed by atoms with Gasteiger partial charge in [0.1, 0.15) is 17.3 Å². The molecule has 0 saturated heterocycles. The molecule has 0 radical (unpaired) electrons. The van der Waals surface area contributed by atoms with Crippen molar-refractivity contribution in [2.75, 3.05) is 13.2 Å². The molecule has 1 amide bonds. The van der Waals surface area contributed by atoms with E-state index in [9.17, 15) is 9.18 Å². The summed E-state index contributed by atoms with van der Waals surface area (Å²) < 4.78 is 26.0. The first-order valence-electron chi connectivity index (χ1n) is 9.93. The molecule has 0 aliphatic carbocycles. The molecule has 0 aliphatic heterocycles. The largest absolute Gasteiger partial charge is 0.494 e. The fraction of sp³-hybridized carbons (Fsp3) is 0.304. The van der Waals surface area contributed by atoms with Crippen LogP contribution < -0.4 is 14.8 Å². The zero-order chi connectivity index (χ0) is 21.5. The van der Waals surface area contributed by atoms with Gasteiger partial charge in [-0.2, -0.15) is 5.10 Å². The predicted molar refractivity (Wildman–Crippen MR) is 113 cm³/mol. The number of ether oxygens (including phenoxy) is 2. The molecule has 1 heterocycles. The molecule has 7 heteroatoms. The summed E-state index contributed by atoms with van der Waals surface area (Å²) in [4.78, 5) is 12.3. The van der Waals surface area contributed by atoms with E-state index >= 15 is 0 Å². The van der Waals surface area contributed by atoms with Gasteiger partial charge in [0.15, 0.2) is 6.61 Å². The average Bonchev–Trinajstić information content (AvgIpc) is 3.13. The topological polar surface area (TPSA) is 65.4 Å². The highest BCUT2D eigenvalue weighted by atomic mass is 19.1. The van der Waals surface area contributed by atoms with E-state index in [4.69, 9.17) is 9.47 Å². The lowest BCUT2D eigenvalue weighted by Crippen LogP contribution is -2.31. The summed E-state index contributed by atoms with van der Waals surface area (Å²) in [5, 5.41) is 7.29. The molecule has 0 aliphatic rings. The molecule has 0 bridgehead atoms. The van der Waals surface area contributed by atoms with Crippen LogP contribution in [0, 0.1) is 12.7 Å². The molecule has 1 aromatic heterocycles. The summed E-state index contributed by atoms with van der Waals surface area (Å²) in [7, 11) is 0. The van der Waals surface area contributed by atoms with Crippen LogP contribution in [0.1, 0.15) is 37.6 Å². The summed E-state index contributed by atoms with van der Waals surface area (Å²) >= 11 is 0. The average molecular weight is 411 g/mol. The molecule has 1 N–H and O–H groups in total. The summed E-state index contributed by atoms with van der Waals surface area (Å²) in [5.41, 5.74) is 2.51. The molecule has 3 rings (SSSR count). The van der Waals surface area contributed by atoms with Gasteiger partial charge >= 0.3 is 0 Å². The number of halogens is 1. The van der Waals surface area contributed by atoms with Gasteiger partial charge in [-0.25, -0.2) is 9.07 Å². The molecular weight excluding hydrogens is 385 g/mol. The Kier molecular flexibility index (Phi) is 7.06. The highest BCUT2D eigenvalue weighted by molar-refractivity contribution is 5.78. The number of amides is 1. The zero-order valence-electron chi connectivity index (χ0n) is 17.4. The number of hydrogen-bond acceptors (Lipinski definition) is 4.